The standard InChI is InChI=1S/C19H18ClF2N3O3.H2O/c20-14-15-8(17(26)9(18(27)28)5-25(15)12-4-10(12)21)3-11(22)16(14)24-6-13(23)19(7-24)1-2-19;/h3,5,10,12-13H,1-2,4,6-7,23H2,(H,27,28);1H2/t10-,12+,13-;/m1./s1. The maximum Gasteiger partial charge on any atom is 0.341 e. The summed E-state index contributed by atoms with van der Waals surface area (Å²) >= 11 is 6.56. The molecule has 5 rings (SSSR count). The molecule has 0 amide bonds. The molecule has 7 nitrogen and oxygen atoms in total. The Balaban J connectivity index is 0.00000205. The van der Waals surface area contributed by atoms with Crippen molar-refractivity contribution in [2.24, 2.45) is 11.1 Å². The zero-order valence-corrected chi connectivity index (χ0v) is 16.0. The molecule has 1 spiro atoms. The fourth-order valence-electron chi connectivity index (χ4n) is 4.43. The number of aromatic nitrogens is 1. The molecular weight excluding hydrogens is 408 g/mol. The number of fused-ring (bicyclic) bond motifs is 1. The molecule has 0 radical (unpaired) electrons. The highest BCUT2D eigenvalue weighted by Crippen LogP contribution is 2.54. The van der Waals surface area contributed by atoms with Crippen molar-refractivity contribution in [3.05, 3.63) is 38.9 Å². The minimum atomic E-state index is -1.45. The Morgan fingerprint density at radius 2 is 2.03 bits per heavy atom. The Bertz CT molecular complexity index is 1100. The highest BCUT2D eigenvalue weighted by atomic mass is 35.5. The summed E-state index contributed by atoms with van der Waals surface area (Å²) in [5.41, 5.74) is 5.15. The van der Waals surface area contributed by atoms with Gasteiger partial charge in [-0.3, -0.25) is 4.79 Å². The van der Waals surface area contributed by atoms with Gasteiger partial charge >= 0.3 is 5.97 Å². The van der Waals surface area contributed by atoms with Gasteiger partial charge in [0.05, 0.1) is 27.7 Å². The topological polar surface area (TPSA) is 120 Å². The predicted octanol–water partition coefficient (Wildman–Crippen LogP) is 1.88. The van der Waals surface area contributed by atoms with Crippen molar-refractivity contribution in [1.82, 2.24) is 4.57 Å². The van der Waals surface area contributed by atoms with Gasteiger partial charge in [0.2, 0.25) is 5.43 Å². The van der Waals surface area contributed by atoms with Crippen molar-refractivity contribution in [1.29, 1.82) is 0 Å². The molecule has 1 aromatic carbocycles. The van der Waals surface area contributed by atoms with Crippen molar-refractivity contribution >= 4 is 34.2 Å². The second-order valence-electron chi connectivity index (χ2n) is 8.17. The largest absolute Gasteiger partial charge is 0.477 e. The van der Waals surface area contributed by atoms with Crippen LogP contribution in [0.15, 0.2) is 17.1 Å². The van der Waals surface area contributed by atoms with Gasteiger partial charge in [-0.1, -0.05) is 11.6 Å². The number of carboxylic acids is 1. The van der Waals surface area contributed by atoms with Gasteiger partial charge in [-0.05, 0) is 18.9 Å². The number of hydrogen-bond donors (Lipinski definition) is 2. The molecule has 29 heavy (non-hydrogen) atoms. The molecule has 2 aliphatic carbocycles. The van der Waals surface area contributed by atoms with Gasteiger partial charge in [0.1, 0.15) is 17.6 Å². The number of benzene rings is 1. The van der Waals surface area contributed by atoms with Crippen LogP contribution in [0.2, 0.25) is 5.02 Å². The van der Waals surface area contributed by atoms with Crippen LogP contribution >= 0.6 is 11.6 Å². The van der Waals surface area contributed by atoms with E-state index in [9.17, 15) is 19.1 Å². The summed E-state index contributed by atoms with van der Waals surface area (Å²) in [5, 5.41) is 9.16. The molecule has 156 valence electrons. The number of pyridine rings is 1. The van der Waals surface area contributed by atoms with Crippen LogP contribution in [0.4, 0.5) is 14.5 Å². The zero-order valence-electron chi connectivity index (χ0n) is 15.3. The number of carbonyl (C=O) groups is 1. The first-order chi connectivity index (χ1) is 13.2. The second-order valence-corrected chi connectivity index (χ2v) is 8.55. The van der Waals surface area contributed by atoms with E-state index in [1.54, 1.807) is 4.90 Å². The Kier molecular flexibility index (Phi) is 4.42. The highest BCUT2D eigenvalue weighted by molar-refractivity contribution is 6.38. The maximum atomic E-state index is 15.0. The predicted molar refractivity (Wildman–Crippen MR) is 104 cm³/mol. The SMILES string of the molecule is N[C@@H]1CN(c2c(F)cc3c(=O)c(C(=O)O)cn([C@H]4C[C@H]4F)c3c2Cl)CC12CC2.O. The summed E-state index contributed by atoms with van der Waals surface area (Å²) in [6, 6.07) is 0.308. The second kappa shape index (κ2) is 6.38. The summed E-state index contributed by atoms with van der Waals surface area (Å²) in [7, 11) is 0. The lowest BCUT2D eigenvalue weighted by molar-refractivity contribution is 0.0694. The monoisotopic (exact) mass is 427 g/mol. The van der Waals surface area contributed by atoms with Crippen LogP contribution in [0.1, 0.15) is 35.7 Å². The number of hydrogen-bond acceptors (Lipinski definition) is 4. The van der Waals surface area contributed by atoms with Gasteiger partial charge in [-0.25, -0.2) is 13.6 Å². The number of carboxylic acid groups (broad SMARTS) is 1. The van der Waals surface area contributed by atoms with Crippen LogP contribution in [0.5, 0.6) is 0 Å². The van der Waals surface area contributed by atoms with Crippen molar-refractivity contribution in [3.63, 3.8) is 0 Å². The molecule has 10 heteroatoms. The number of halogens is 3. The van der Waals surface area contributed by atoms with E-state index in [1.165, 1.54) is 4.57 Å². The van der Waals surface area contributed by atoms with Crippen molar-refractivity contribution < 1.29 is 24.2 Å². The molecule has 0 bridgehead atoms. The molecule has 3 fully saturated rings. The minimum absolute atomic E-state index is 0. The minimum Gasteiger partial charge on any atom is -0.477 e. The van der Waals surface area contributed by atoms with E-state index in [0.29, 0.717) is 13.1 Å². The van der Waals surface area contributed by atoms with Crippen molar-refractivity contribution in [3.8, 4) is 0 Å². The Morgan fingerprint density at radius 3 is 2.55 bits per heavy atom. The number of alkyl halides is 1. The number of nitrogens with zero attached hydrogens (tertiary/aromatic N) is 2. The van der Waals surface area contributed by atoms with Crippen LogP contribution in [-0.4, -0.2) is 46.4 Å². The lowest BCUT2D eigenvalue weighted by atomic mass is 10.0. The quantitative estimate of drug-likeness (QED) is 0.774. The molecule has 0 unspecified atom stereocenters. The third kappa shape index (κ3) is 2.83. The molecule has 2 aromatic rings. The molecule has 1 aliphatic heterocycles. The molecule has 5 N–H and O–H groups in total. The van der Waals surface area contributed by atoms with E-state index in [1.807, 2.05) is 0 Å². The average Bonchev–Trinajstić information content (AvgIpc) is 3.51. The van der Waals surface area contributed by atoms with Crippen molar-refractivity contribution in [2.45, 2.75) is 37.5 Å². The Labute approximate surface area is 169 Å². The zero-order chi connectivity index (χ0) is 20.0. The van der Waals surface area contributed by atoms with Gasteiger partial charge in [0.25, 0.3) is 0 Å². The van der Waals surface area contributed by atoms with Gasteiger partial charge in [-0.15, -0.1) is 0 Å². The summed E-state index contributed by atoms with van der Waals surface area (Å²) in [6.45, 7) is 1.01. The molecule has 3 atom stereocenters. The third-order valence-electron chi connectivity index (χ3n) is 6.37. The number of rotatable bonds is 3. The highest BCUT2D eigenvalue weighted by Gasteiger charge is 2.54. The Hall–Kier alpha value is -2.23. The first kappa shape index (κ1) is 20.1. The summed E-state index contributed by atoms with van der Waals surface area (Å²) in [6.07, 6.45) is 2.11. The molecule has 2 saturated carbocycles. The summed E-state index contributed by atoms with van der Waals surface area (Å²) in [4.78, 5) is 25.8. The van der Waals surface area contributed by atoms with Gasteiger partial charge in [0, 0.05) is 37.2 Å². The fraction of sp³-hybridized carbons (Fsp3) is 0.474. The van der Waals surface area contributed by atoms with Gasteiger partial charge < -0.3 is 25.8 Å². The number of aromatic carboxylic acids is 1. The Morgan fingerprint density at radius 1 is 1.38 bits per heavy atom. The smallest absolute Gasteiger partial charge is 0.341 e. The van der Waals surface area contributed by atoms with Crippen LogP contribution < -0.4 is 16.1 Å². The summed E-state index contributed by atoms with van der Waals surface area (Å²) in [5.74, 6) is -2.15. The average molecular weight is 428 g/mol. The van der Waals surface area contributed by atoms with Gasteiger partial charge in [0.15, 0.2) is 0 Å². The van der Waals surface area contributed by atoms with Gasteiger partial charge in [-0.2, -0.15) is 0 Å². The van der Waals surface area contributed by atoms with Crippen molar-refractivity contribution in [2.75, 3.05) is 18.0 Å². The third-order valence-corrected chi connectivity index (χ3v) is 6.73. The number of anilines is 1. The lowest BCUT2D eigenvalue weighted by Gasteiger charge is -2.23. The van der Waals surface area contributed by atoms with Crippen LogP contribution in [0, 0.1) is 11.2 Å². The number of nitrogens with two attached hydrogens (primary N) is 1. The lowest BCUT2D eigenvalue weighted by Crippen LogP contribution is -2.30. The van der Waals surface area contributed by atoms with E-state index in [4.69, 9.17) is 17.3 Å². The molecule has 1 saturated heterocycles. The van der Waals surface area contributed by atoms with E-state index >= 15 is 4.39 Å². The van der Waals surface area contributed by atoms with E-state index < -0.39 is 35.0 Å². The first-order valence-corrected chi connectivity index (χ1v) is 9.56. The first-order valence-electron chi connectivity index (χ1n) is 9.18. The fourth-order valence-corrected chi connectivity index (χ4v) is 4.84. The molecular formula is C19H20ClF2N3O4. The normalized spacial score (nSPS) is 26.6. The molecule has 1 aromatic heterocycles. The van der Waals surface area contributed by atoms with Crippen LogP contribution in [0.25, 0.3) is 10.9 Å². The summed E-state index contributed by atoms with van der Waals surface area (Å²) < 4.78 is 30.2. The van der Waals surface area contributed by atoms with E-state index in [0.717, 1.165) is 25.1 Å². The van der Waals surface area contributed by atoms with Crippen LogP contribution in [-0.2, 0) is 0 Å². The molecule has 3 aliphatic rings. The van der Waals surface area contributed by atoms with E-state index in [2.05, 4.69) is 0 Å². The molecule has 2 heterocycles. The van der Waals surface area contributed by atoms with Crippen LogP contribution in [0.3, 0.4) is 0 Å². The maximum absolute atomic E-state index is 15.0. The van der Waals surface area contributed by atoms with E-state index in [-0.39, 0.29) is 45.0 Å².